The lowest BCUT2D eigenvalue weighted by Crippen LogP contribution is -2.13. The number of nitrogens with one attached hydrogen (secondary N) is 1. The van der Waals surface area contributed by atoms with Crippen LogP contribution in [0, 0.1) is 5.82 Å². The quantitative estimate of drug-likeness (QED) is 0.804. The number of hydrogen-bond acceptors (Lipinski definition) is 5. The summed E-state index contributed by atoms with van der Waals surface area (Å²) in [6.07, 6.45) is 6.68. The van der Waals surface area contributed by atoms with Gasteiger partial charge in [0.25, 0.3) is 5.91 Å². The summed E-state index contributed by atoms with van der Waals surface area (Å²) in [6, 6.07) is 6.31. The monoisotopic (exact) mass is 314 g/mol. The second-order valence-electron chi connectivity index (χ2n) is 4.48. The van der Waals surface area contributed by atoms with E-state index < -0.39 is 0 Å². The van der Waals surface area contributed by atoms with Gasteiger partial charge in [-0.15, -0.1) is 11.3 Å². The van der Waals surface area contributed by atoms with Crippen molar-refractivity contribution in [3.63, 3.8) is 0 Å². The standard InChI is InChI=1S/C15H11FN4OS/c16-11-3-1-10(2-4-11)7-12-8-19-15(22-12)20-14(21)13-9-17-5-6-18-13/h1-6,8-9H,7H2,(H,19,20,21). The van der Waals surface area contributed by atoms with Crippen molar-refractivity contribution in [2.75, 3.05) is 5.32 Å². The van der Waals surface area contributed by atoms with Crippen LogP contribution < -0.4 is 5.32 Å². The van der Waals surface area contributed by atoms with E-state index >= 15 is 0 Å². The highest BCUT2D eigenvalue weighted by Gasteiger charge is 2.10. The maximum atomic E-state index is 12.9. The number of rotatable bonds is 4. The maximum Gasteiger partial charge on any atom is 0.277 e. The average Bonchev–Trinajstić information content (AvgIpc) is 2.97. The van der Waals surface area contributed by atoms with Crippen LogP contribution in [-0.4, -0.2) is 20.9 Å². The van der Waals surface area contributed by atoms with Gasteiger partial charge in [-0.25, -0.2) is 14.4 Å². The molecule has 2 aromatic heterocycles. The molecule has 0 aliphatic rings. The van der Waals surface area contributed by atoms with Crippen molar-refractivity contribution in [2.24, 2.45) is 0 Å². The predicted octanol–water partition coefficient (Wildman–Crippen LogP) is 2.92. The molecule has 2 heterocycles. The minimum absolute atomic E-state index is 0.234. The fraction of sp³-hybridized carbons (Fsp3) is 0.0667. The molecule has 0 atom stereocenters. The van der Waals surface area contributed by atoms with Gasteiger partial charge in [0.2, 0.25) is 0 Å². The highest BCUT2D eigenvalue weighted by Crippen LogP contribution is 2.21. The van der Waals surface area contributed by atoms with Crippen molar-refractivity contribution < 1.29 is 9.18 Å². The Bertz CT molecular complexity index is 774. The molecule has 0 aliphatic carbocycles. The number of anilines is 1. The van der Waals surface area contributed by atoms with E-state index in [4.69, 9.17) is 0 Å². The lowest BCUT2D eigenvalue weighted by atomic mass is 10.1. The van der Waals surface area contributed by atoms with Crippen molar-refractivity contribution in [3.05, 3.63) is 71.0 Å². The molecule has 1 N–H and O–H groups in total. The van der Waals surface area contributed by atoms with E-state index in [1.54, 1.807) is 18.3 Å². The van der Waals surface area contributed by atoms with Gasteiger partial charge in [0.05, 0.1) is 6.20 Å². The minimum Gasteiger partial charge on any atom is -0.296 e. The number of hydrogen-bond donors (Lipinski definition) is 1. The molecule has 7 heteroatoms. The zero-order valence-electron chi connectivity index (χ0n) is 11.4. The highest BCUT2D eigenvalue weighted by atomic mass is 32.1. The van der Waals surface area contributed by atoms with Crippen LogP contribution >= 0.6 is 11.3 Å². The molecule has 1 amide bonds. The van der Waals surface area contributed by atoms with Crippen molar-refractivity contribution in [1.29, 1.82) is 0 Å². The van der Waals surface area contributed by atoms with Crippen molar-refractivity contribution in [3.8, 4) is 0 Å². The molecule has 0 saturated heterocycles. The van der Waals surface area contributed by atoms with Crippen LogP contribution in [0.4, 0.5) is 9.52 Å². The first-order chi connectivity index (χ1) is 10.7. The van der Waals surface area contributed by atoms with E-state index in [0.717, 1.165) is 10.4 Å². The van der Waals surface area contributed by atoms with Crippen LogP contribution in [0.3, 0.4) is 0 Å². The third-order valence-corrected chi connectivity index (χ3v) is 3.77. The van der Waals surface area contributed by atoms with E-state index in [0.29, 0.717) is 11.6 Å². The Hall–Kier alpha value is -2.67. The molecule has 0 spiro atoms. The Morgan fingerprint density at radius 2 is 1.95 bits per heavy atom. The summed E-state index contributed by atoms with van der Waals surface area (Å²) in [5.74, 6) is -0.610. The number of aromatic nitrogens is 3. The Labute approximate surface area is 129 Å². The fourth-order valence-electron chi connectivity index (χ4n) is 1.83. The molecular formula is C15H11FN4OS. The molecule has 0 unspecified atom stereocenters. The number of benzene rings is 1. The Morgan fingerprint density at radius 3 is 2.68 bits per heavy atom. The van der Waals surface area contributed by atoms with Gasteiger partial charge < -0.3 is 0 Å². The molecule has 0 bridgehead atoms. The minimum atomic E-state index is -0.351. The van der Waals surface area contributed by atoms with Gasteiger partial charge in [-0.05, 0) is 17.7 Å². The van der Waals surface area contributed by atoms with Gasteiger partial charge in [0.15, 0.2) is 5.13 Å². The summed E-state index contributed by atoms with van der Waals surface area (Å²) in [5, 5.41) is 3.17. The van der Waals surface area contributed by atoms with E-state index in [9.17, 15) is 9.18 Å². The summed E-state index contributed by atoms with van der Waals surface area (Å²) in [5.41, 5.74) is 1.22. The number of carbonyl (C=O) groups excluding carboxylic acids is 1. The van der Waals surface area contributed by atoms with Gasteiger partial charge in [0, 0.05) is 29.9 Å². The van der Waals surface area contributed by atoms with E-state index in [2.05, 4.69) is 20.3 Å². The van der Waals surface area contributed by atoms with Crippen molar-refractivity contribution in [1.82, 2.24) is 15.0 Å². The maximum absolute atomic E-state index is 12.9. The molecule has 3 rings (SSSR count). The van der Waals surface area contributed by atoms with Crippen LogP contribution in [-0.2, 0) is 6.42 Å². The number of thiazole rings is 1. The van der Waals surface area contributed by atoms with Crippen LogP contribution in [0.25, 0.3) is 0 Å². The highest BCUT2D eigenvalue weighted by molar-refractivity contribution is 7.15. The van der Waals surface area contributed by atoms with Crippen molar-refractivity contribution >= 4 is 22.4 Å². The number of nitrogens with zero attached hydrogens (tertiary/aromatic N) is 3. The molecule has 3 aromatic rings. The predicted molar refractivity (Wildman–Crippen MR) is 81.3 cm³/mol. The molecule has 5 nitrogen and oxygen atoms in total. The first-order valence-electron chi connectivity index (χ1n) is 6.47. The Kier molecular flexibility index (Phi) is 4.15. The summed E-state index contributed by atoms with van der Waals surface area (Å²) in [6.45, 7) is 0. The Morgan fingerprint density at radius 1 is 1.14 bits per heavy atom. The van der Waals surface area contributed by atoms with E-state index in [-0.39, 0.29) is 17.4 Å². The van der Waals surface area contributed by atoms with Gasteiger partial charge in [-0.3, -0.25) is 15.1 Å². The zero-order valence-corrected chi connectivity index (χ0v) is 12.2. The molecule has 0 aliphatic heterocycles. The SMILES string of the molecule is O=C(Nc1ncc(Cc2ccc(F)cc2)s1)c1cnccn1. The smallest absolute Gasteiger partial charge is 0.277 e. The first-order valence-corrected chi connectivity index (χ1v) is 7.29. The van der Waals surface area contributed by atoms with Crippen molar-refractivity contribution in [2.45, 2.75) is 6.42 Å². The van der Waals surface area contributed by atoms with Crippen LogP contribution in [0.1, 0.15) is 20.9 Å². The van der Waals surface area contributed by atoms with Gasteiger partial charge in [0.1, 0.15) is 11.5 Å². The third-order valence-electron chi connectivity index (χ3n) is 2.86. The van der Waals surface area contributed by atoms with Crippen LogP contribution in [0.2, 0.25) is 0 Å². The van der Waals surface area contributed by atoms with Crippen LogP contribution in [0.15, 0.2) is 49.1 Å². The van der Waals surface area contributed by atoms with Crippen LogP contribution in [0.5, 0.6) is 0 Å². The lowest BCUT2D eigenvalue weighted by molar-refractivity contribution is 0.102. The summed E-state index contributed by atoms with van der Waals surface area (Å²) < 4.78 is 12.9. The average molecular weight is 314 g/mol. The van der Waals surface area contributed by atoms with Gasteiger partial charge in [-0.1, -0.05) is 12.1 Å². The molecule has 1 aromatic carbocycles. The largest absolute Gasteiger partial charge is 0.296 e. The first kappa shape index (κ1) is 14.3. The number of carbonyl (C=O) groups is 1. The number of amides is 1. The summed E-state index contributed by atoms with van der Waals surface area (Å²) in [7, 11) is 0. The van der Waals surface area contributed by atoms with Gasteiger partial charge in [-0.2, -0.15) is 0 Å². The Balaban J connectivity index is 1.66. The van der Waals surface area contributed by atoms with E-state index in [1.807, 2.05) is 0 Å². The normalized spacial score (nSPS) is 10.4. The second-order valence-corrected chi connectivity index (χ2v) is 5.59. The summed E-state index contributed by atoms with van der Waals surface area (Å²) >= 11 is 1.37. The molecule has 0 fully saturated rings. The molecule has 110 valence electrons. The summed E-state index contributed by atoms with van der Waals surface area (Å²) in [4.78, 5) is 24.8. The topological polar surface area (TPSA) is 67.8 Å². The fourth-order valence-corrected chi connectivity index (χ4v) is 2.67. The molecular weight excluding hydrogens is 303 g/mol. The van der Waals surface area contributed by atoms with E-state index in [1.165, 1.54) is 42.1 Å². The molecule has 0 radical (unpaired) electrons. The van der Waals surface area contributed by atoms with Gasteiger partial charge >= 0.3 is 0 Å². The third kappa shape index (κ3) is 3.50. The lowest BCUT2D eigenvalue weighted by Gasteiger charge is -1.99. The molecule has 0 saturated carbocycles. The molecule has 22 heavy (non-hydrogen) atoms. The second kappa shape index (κ2) is 6.40. The zero-order chi connectivity index (χ0) is 15.4. The number of halogens is 1.